The zero-order valence-corrected chi connectivity index (χ0v) is 15.0. The maximum atomic E-state index is 12.9. The molecule has 0 spiro atoms. The lowest BCUT2D eigenvalue weighted by atomic mass is 10.2. The molecule has 1 amide bonds. The molecule has 0 saturated carbocycles. The second-order valence-electron chi connectivity index (χ2n) is 6.14. The van der Waals surface area contributed by atoms with E-state index in [1.54, 1.807) is 12.1 Å². The number of anilines is 1. The van der Waals surface area contributed by atoms with Crippen molar-refractivity contribution in [2.24, 2.45) is 0 Å². The molecule has 0 aliphatic carbocycles. The minimum atomic E-state index is -4.41. The third kappa shape index (κ3) is 5.35. The predicted molar refractivity (Wildman–Crippen MR) is 95.1 cm³/mol. The second kappa shape index (κ2) is 8.16. The Labute approximate surface area is 158 Å². The van der Waals surface area contributed by atoms with Gasteiger partial charge in [0.1, 0.15) is 11.6 Å². The fourth-order valence-corrected chi connectivity index (χ4v) is 3.49. The van der Waals surface area contributed by atoms with Crippen molar-refractivity contribution in [1.82, 2.24) is 10.3 Å². The SMILES string of the molecule is O=C(CSc1ccc(F)cc1)N[C@H]1CCN(c2ccc(C(F)(F)F)cn2)C1. The molecular formula is C18H17F4N3OS. The van der Waals surface area contributed by atoms with Crippen LogP contribution < -0.4 is 10.2 Å². The normalized spacial score (nSPS) is 17.2. The molecule has 1 aliphatic rings. The van der Waals surface area contributed by atoms with Gasteiger partial charge in [0, 0.05) is 30.2 Å². The number of nitrogens with zero attached hydrogens (tertiary/aromatic N) is 2. The number of benzene rings is 1. The van der Waals surface area contributed by atoms with E-state index in [0.29, 0.717) is 25.3 Å². The monoisotopic (exact) mass is 399 g/mol. The van der Waals surface area contributed by atoms with Crippen LogP contribution in [0.1, 0.15) is 12.0 Å². The van der Waals surface area contributed by atoms with E-state index in [-0.39, 0.29) is 23.5 Å². The number of thioether (sulfide) groups is 1. The Morgan fingerprint density at radius 3 is 2.59 bits per heavy atom. The standard InChI is InChI=1S/C18H17F4N3OS/c19-13-2-4-15(5-3-13)27-11-17(26)24-14-7-8-25(10-14)16-6-1-12(9-23-16)18(20,21)22/h1-6,9,14H,7-8,10-11H2,(H,24,26)/t14-/m0/s1. The van der Waals surface area contributed by atoms with Gasteiger partial charge in [-0.2, -0.15) is 13.2 Å². The Kier molecular flexibility index (Phi) is 5.88. The number of pyridine rings is 1. The van der Waals surface area contributed by atoms with Crippen LogP contribution in [0, 0.1) is 5.82 Å². The summed E-state index contributed by atoms with van der Waals surface area (Å²) in [7, 11) is 0. The van der Waals surface area contributed by atoms with Crippen LogP contribution in [0.25, 0.3) is 0 Å². The van der Waals surface area contributed by atoms with Gasteiger partial charge in [-0.1, -0.05) is 0 Å². The minimum Gasteiger partial charge on any atom is -0.354 e. The molecule has 1 saturated heterocycles. The molecular weight excluding hydrogens is 382 g/mol. The lowest BCUT2D eigenvalue weighted by Crippen LogP contribution is -2.38. The summed E-state index contributed by atoms with van der Waals surface area (Å²) in [5, 5.41) is 2.91. The Morgan fingerprint density at radius 1 is 1.22 bits per heavy atom. The quantitative estimate of drug-likeness (QED) is 0.615. The van der Waals surface area contributed by atoms with Crippen molar-refractivity contribution >= 4 is 23.5 Å². The third-order valence-electron chi connectivity index (χ3n) is 4.14. The number of alkyl halides is 3. The lowest BCUT2D eigenvalue weighted by Gasteiger charge is -2.18. The number of hydrogen-bond donors (Lipinski definition) is 1. The highest BCUT2D eigenvalue weighted by molar-refractivity contribution is 8.00. The van der Waals surface area contributed by atoms with E-state index in [9.17, 15) is 22.4 Å². The van der Waals surface area contributed by atoms with Gasteiger partial charge < -0.3 is 10.2 Å². The molecule has 1 aromatic heterocycles. The highest BCUT2D eigenvalue weighted by Gasteiger charge is 2.31. The van der Waals surface area contributed by atoms with E-state index >= 15 is 0 Å². The Hall–Kier alpha value is -2.29. The van der Waals surface area contributed by atoms with Crippen LogP contribution >= 0.6 is 11.8 Å². The van der Waals surface area contributed by atoms with Crippen LogP contribution in [0.5, 0.6) is 0 Å². The average molecular weight is 399 g/mol. The number of hydrogen-bond acceptors (Lipinski definition) is 4. The summed E-state index contributed by atoms with van der Waals surface area (Å²) in [6.45, 7) is 1.10. The topological polar surface area (TPSA) is 45.2 Å². The van der Waals surface area contributed by atoms with Crippen LogP contribution in [0.2, 0.25) is 0 Å². The summed E-state index contributed by atoms with van der Waals surface area (Å²) in [6.07, 6.45) is -2.90. The highest BCUT2D eigenvalue weighted by Crippen LogP contribution is 2.30. The van der Waals surface area contributed by atoms with Crippen LogP contribution in [-0.2, 0) is 11.0 Å². The molecule has 0 unspecified atom stereocenters. The minimum absolute atomic E-state index is 0.0876. The first kappa shape index (κ1) is 19.5. The maximum Gasteiger partial charge on any atom is 0.417 e. The molecule has 2 heterocycles. The molecule has 2 aromatic rings. The van der Waals surface area contributed by atoms with Gasteiger partial charge in [-0.25, -0.2) is 9.37 Å². The molecule has 1 aliphatic heterocycles. The highest BCUT2D eigenvalue weighted by atomic mass is 32.2. The van der Waals surface area contributed by atoms with E-state index in [0.717, 1.165) is 17.2 Å². The fraction of sp³-hybridized carbons (Fsp3) is 0.333. The zero-order valence-electron chi connectivity index (χ0n) is 14.2. The summed E-state index contributed by atoms with van der Waals surface area (Å²) in [6, 6.07) is 8.17. The number of carbonyl (C=O) groups excluding carboxylic acids is 1. The van der Waals surface area contributed by atoms with Crippen molar-refractivity contribution in [2.45, 2.75) is 23.5 Å². The average Bonchev–Trinajstić information content (AvgIpc) is 3.09. The first-order chi connectivity index (χ1) is 12.8. The number of amides is 1. The second-order valence-corrected chi connectivity index (χ2v) is 7.19. The van der Waals surface area contributed by atoms with Crippen molar-refractivity contribution in [3.8, 4) is 0 Å². The maximum absolute atomic E-state index is 12.9. The van der Waals surface area contributed by atoms with Crippen LogP contribution in [0.3, 0.4) is 0 Å². The molecule has 1 atom stereocenters. The molecule has 4 nitrogen and oxygen atoms in total. The Bertz CT molecular complexity index is 781. The third-order valence-corrected chi connectivity index (χ3v) is 5.15. The van der Waals surface area contributed by atoms with Gasteiger partial charge in [-0.15, -0.1) is 11.8 Å². The summed E-state index contributed by atoms with van der Waals surface area (Å²) in [5.41, 5.74) is -0.784. The Morgan fingerprint density at radius 2 is 1.96 bits per heavy atom. The molecule has 144 valence electrons. The number of aromatic nitrogens is 1. The van der Waals surface area contributed by atoms with Crippen molar-refractivity contribution in [1.29, 1.82) is 0 Å². The largest absolute Gasteiger partial charge is 0.417 e. The molecule has 27 heavy (non-hydrogen) atoms. The summed E-state index contributed by atoms with van der Waals surface area (Å²) >= 11 is 1.31. The van der Waals surface area contributed by atoms with Gasteiger partial charge in [0.15, 0.2) is 0 Å². The zero-order chi connectivity index (χ0) is 19.4. The lowest BCUT2D eigenvalue weighted by molar-refractivity contribution is -0.137. The molecule has 3 rings (SSSR count). The Balaban J connectivity index is 1.47. The van der Waals surface area contributed by atoms with Gasteiger partial charge >= 0.3 is 6.18 Å². The van der Waals surface area contributed by atoms with Gasteiger partial charge in [-0.05, 0) is 42.8 Å². The van der Waals surface area contributed by atoms with Crippen LogP contribution in [-0.4, -0.2) is 35.8 Å². The molecule has 1 fully saturated rings. The van der Waals surface area contributed by atoms with Gasteiger partial charge in [0.25, 0.3) is 0 Å². The summed E-state index contributed by atoms with van der Waals surface area (Å²) < 4.78 is 50.6. The van der Waals surface area contributed by atoms with Crippen molar-refractivity contribution in [3.63, 3.8) is 0 Å². The number of nitrogens with one attached hydrogen (secondary N) is 1. The van der Waals surface area contributed by atoms with E-state index in [2.05, 4.69) is 10.3 Å². The van der Waals surface area contributed by atoms with Crippen molar-refractivity contribution in [2.75, 3.05) is 23.7 Å². The molecule has 1 N–H and O–H groups in total. The van der Waals surface area contributed by atoms with Gasteiger partial charge in [0.2, 0.25) is 5.91 Å². The first-order valence-electron chi connectivity index (χ1n) is 8.27. The number of rotatable bonds is 5. The molecule has 9 heteroatoms. The smallest absolute Gasteiger partial charge is 0.354 e. The van der Waals surface area contributed by atoms with E-state index in [1.807, 2.05) is 4.90 Å². The number of carbonyl (C=O) groups is 1. The van der Waals surface area contributed by atoms with Crippen LogP contribution in [0.15, 0.2) is 47.5 Å². The van der Waals surface area contributed by atoms with Gasteiger partial charge in [0.05, 0.1) is 11.3 Å². The predicted octanol–water partition coefficient (Wildman–Crippen LogP) is 3.73. The summed E-state index contributed by atoms with van der Waals surface area (Å²) in [4.78, 5) is 18.6. The molecule has 0 radical (unpaired) electrons. The molecule has 0 bridgehead atoms. The van der Waals surface area contributed by atoms with Crippen LogP contribution in [0.4, 0.5) is 23.4 Å². The fourth-order valence-electron chi connectivity index (χ4n) is 2.78. The number of halogens is 4. The van der Waals surface area contributed by atoms with Crippen molar-refractivity contribution in [3.05, 3.63) is 54.0 Å². The molecule has 1 aromatic carbocycles. The van der Waals surface area contributed by atoms with Crippen molar-refractivity contribution < 1.29 is 22.4 Å². The van der Waals surface area contributed by atoms with E-state index in [4.69, 9.17) is 0 Å². The van der Waals surface area contributed by atoms with E-state index in [1.165, 1.54) is 30.0 Å². The van der Waals surface area contributed by atoms with Gasteiger partial charge in [-0.3, -0.25) is 4.79 Å². The first-order valence-corrected chi connectivity index (χ1v) is 9.26. The summed E-state index contributed by atoms with van der Waals surface area (Å²) in [5.74, 6) is 0.199. The van der Waals surface area contributed by atoms with E-state index < -0.39 is 11.7 Å².